The summed E-state index contributed by atoms with van der Waals surface area (Å²) in [5.74, 6) is 1.63. The summed E-state index contributed by atoms with van der Waals surface area (Å²) >= 11 is 0. The molecule has 7 nitrogen and oxygen atoms in total. The van der Waals surface area contributed by atoms with Crippen molar-refractivity contribution in [2.45, 2.75) is 31.9 Å². The van der Waals surface area contributed by atoms with Gasteiger partial charge in [0.1, 0.15) is 12.6 Å². The number of ether oxygens (including phenoxy) is 1. The number of amides is 1. The van der Waals surface area contributed by atoms with Crippen LogP contribution in [0.15, 0.2) is 47.5 Å². The second-order valence-corrected chi connectivity index (χ2v) is 7.05. The molecule has 2 saturated heterocycles. The predicted octanol–water partition coefficient (Wildman–Crippen LogP) is 1.52. The largest absolute Gasteiger partial charge is 0.485 e. The second kappa shape index (κ2) is 7.82. The molecule has 2 aromatic rings. The molecule has 0 saturated carbocycles. The van der Waals surface area contributed by atoms with E-state index in [2.05, 4.69) is 9.88 Å². The van der Waals surface area contributed by atoms with Crippen LogP contribution in [0.5, 0.6) is 5.75 Å². The Kier molecular flexibility index (Phi) is 5.09. The Labute approximate surface area is 158 Å². The lowest BCUT2D eigenvalue weighted by molar-refractivity contribution is -0.131. The van der Waals surface area contributed by atoms with Gasteiger partial charge >= 0.3 is 0 Å². The van der Waals surface area contributed by atoms with E-state index in [1.807, 2.05) is 12.1 Å². The quantitative estimate of drug-likeness (QED) is 0.801. The fourth-order valence-corrected chi connectivity index (χ4v) is 3.71. The zero-order valence-corrected chi connectivity index (χ0v) is 15.3. The number of carbonyl (C=O) groups is 1. The highest BCUT2D eigenvalue weighted by atomic mass is 16.5. The van der Waals surface area contributed by atoms with Gasteiger partial charge in [0, 0.05) is 44.5 Å². The van der Waals surface area contributed by atoms with Crippen molar-refractivity contribution in [2.24, 2.45) is 0 Å². The molecular formula is C20H24N4O3. The second-order valence-electron chi connectivity index (χ2n) is 7.05. The molecule has 1 atom stereocenters. The molecule has 0 N–H and O–H groups in total. The maximum atomic E-state index is 12.5. The van der Waals surface area contributed by atoms with Crippen LogP contribution in [0.4, 0.5) is 5.82 Å². The minimum Gasteiger partial charge on any atom is -0.485 e. The molecule has 0 spiro atoms. The van der Waals surface area contributed by atoms with Crippen molar-refractivity contribution >= 4 is 11.7 Å². The standard InChI is InChI=1S/C20H24N4O3/c25-18-7-1-2-12-23(18)15-19(26)24-13-8-16(14-24)27-17-6-5-9-21-20(17)22-10-3-4-11-22/h1-2,5-7,9,12,16H,3-4,8,10-11,13-15H2/t16-/m1/s1. The van der Waals surface area contributed by atoms with E-state index in [-0.39, 0.29) is 24.1 Å². The van der Waals surface area contributed by atoms with Gasteiger partial charge in [0.05, 0.1) is 6.54 Å². The van der Waals surface area contributed by atoms with Gasteiger partial charge in [0.25, 0.3) is 5.56 Å². The minimum atomic E-state index is -0.163. The smallest absolute Gasteiger partial charge is 0.250 e. The number of aromatic nitrogens is 2. The number of pyridine rings is 2. The highest BCUT2D eigenvalue weighted by Crippen LogP contribution is 2.30. The number of hydrogen-bond donors (Lipinski definition) is 0. The highest BCUT2D eigenvalue weighted by molar-refractivity contribution is 5.76. The number of carbonyl (C=O) groups excluding carboxylic acids is 1. The summed E-state index contributed by atoms with van der Waals surface area (Å²) < 4.78 is 7.64. The zero-order valence-electron chi connectivity index (χ0n) is 15.3. The Hall–Kier alpha value is -2.83. The van der Waals surface area contributed by atoms with Crippen LogP contribution in [-0.4, -0.2) is 52.6 Å². The Balaban J connectivity index is 1.38. The van der Waals surface area contributed by atoms with Crippen LogP contribution in [0.3, 0.4) is 0 Å². The minimum absolute atomic E-state index is 0.0491. The third kappa shape index (κ3) is 3.97. The first-order chi connectivity index (χ1) is 13.2. The molecule has 142 valence electrons. The van der Waals surface area contributed by atoms with Gasteiger partial charge in [0.2, 0.25) is 5.91 Å². The van der Waals surface area contributed by atoms with Crippen molar-refractivity contribution in [3.05, 3.63) is 53.1 Å². The van der Waals surface area contributed by atoms with Gasteiger partial charge < -0.3 is 19.1 Å². The molecule has 7 heteroatoms. The Morgan fingerprint density at radius 2 is 2.00 bits per heavy atom. The van der Waals surface area contributed by atoms with E-state index < -0.39 is 0 Å². The van der Waals surface area contributed by atoms with Crippen LogP contribution in [0, 0.1) is 0 Å². The van der Waals surface area contributed by atoms with Gasteiger partial charge in [-0.1, -0.05) is 6.07 Å². The SMILES string of the molecule is O=C(Cn1ccccc1=O)N1CC[C@@H](Oc2cccnc2N2CCCC2)C1. The van der Waals surface area contributed by atoms with Gasteiger partial charge in [0.15, 0.2) is 11.6 Å². The molecular weight excluding hydrogens is 344 g/mol. The topological polar surface area (TPSA) is 67.7 Å². The van der Waals surface area contributed by atoms with Crippen LogP contribution in [-0.2, 0) is 11.3 Å². The van der Waals surface area contributed by atoms with Crippen molar-refractivity contribution in [1.29, 1.82) is 0 Å². The molecule has 2 aromatic heterocycles. The van der Waals surface area contributed by atoms with E-state index in [9.17, 15) is 9.59 Å². The molecule has 27 heavy (non-hydrogen) atoms. The molecule has 4 heterocycles. The lowest BCUT2D eigenvalue weighted by atomic mass is 10.3. The van der Waals surface area contributed by atoms with Crippen LogP contribution in [0.25, 0.3) is 0 Å². The van der Waals surface area contributed by atoms with Crippen LogP contribution in [0.2, 0.25) is 0 Å². The van der Waals surface area contributed by atoms with Crippen molar-refractivity contribution in [3.63, 3.8) is 0 Å². The van der Waals surface area contributed by atoms with E-state index in [1.54, 1.807) is 29.4 Å². The van der Waals surface area contributed by atoms with Gasteiger partial charge in [-0.25, -0.2) is 4.98 Å². The number of anilines is 1. The summed E-state index contributed by atoms with van der Waals surface area (Å²) in [6.07, 6.45) is 6.53. The number of rotatable bonds is 5. The van der Waals surface area contributed by atoms with E-state index in [0.717, 1.165) is 31.1 Å². The lowest BCUT2D eigenvalue weighted by Gasteiger charge is -2.22. The third-order valence-corrected chi connectivity index (χ3v) is 5.15. The van der Waals surface area contributed by atoms with Gasteiger partial charge in [-0.05, 0) is 31.0 Å². The van der Waals surface area contributed by atoms with Gasteiger partial charge in [-0.2, -0.15) is 0 Å². The fourth-order valence-electron chi connectivity index (χ4n) is 3.71. The number of likely N-dealkylation sites (tertiary alicyclic amines) is 1. The van der Waals surface area contributed by atoms with Crippen LogP contribution >= 0.6 is 0 Å². The summed E-state index contributed by atoms with van der Waals surface area (Å²) in [4.78, 5) is 32.9. The first-order valence-corrected chi connectivity index (χ1v) is 9.50. The average molecular weight is 368 g/mol. The average Bonchev–Trinajstić information content (AvgIpc) is 3.36. The van der Waals surface area contributed by atoms with Gasteiger partial charge in [-0.15, -0.1) is 0 Å². The van der Waals surface area contributed by atoms with Crippen molar-refractivity contribution in [3.8, 4) is 5.75 Å². The molecule has 2 aliphatic rings. The summed E-state index contributed by atoms with van der Waals surface area (Å²) in [5, 5.41) is 0. The molecule has 2 aliphatic heterocycles. The van der Waals surface area contributed by atoms with Crippen molar-refractivity contribution in [1.82, 2.24) is 14.5 Å². The Morgan fingerprint density at radius 3 is 2.81 bits per heavy atom. The van der Waals surface area contributed by atoms with E-state index in [0.29, 0.717) is 13.1 Å². The molecule has 0 radical (unpaired) electrons. The summed E-state index contributed by atoms with van der Waals surface area (Å²) in [7, 11) is 0. The van der Waals surface area contributed by atoms with Crippen molar-refractivity contribution in [2.75, 3.05) is 31.1 Å². The molecule has 2 fully saturated rings. The maximum Gasteiger partial charge on any atom is 0.250 e. The summed E-state index contributed by atoms with van der Waals surface area (Å²) in [5.41, 5.74) is -0.163. The van der Waals surface area contributed by atoms with Crippen LogP contribution in [0.1, 0.15) is 19.3 Å². The Bertz CT molecular complexity index is 860. The fraction of sp³-hybridized carbons (Fsp3) is 0.450. The first-order valence-electron chi connectivity index (χ1n) is 9.50. The number of nitrogens with zero attached hydrogens (tertiary/aromatic N) is 4. The molecule has 0 unspecified atom stereocenters. The molecule has 4 rings (SSSR count). The third-order valence-electron chi connectivity index (χ3n) is 5.15. The first kappa shape index (κ1) is 17.6. The highest BCUT2D eigenvalue weighted by Gasteiger charge is 2.29. The lowest BCUT2D eigenvalue weighted by Crippen LogP contribution is -2.36. The maximum absolute atomic E-state index is 12.5. The summed E-state index contributed by atoms with van der Waals surface area (Å²) in [6, 6.07) is 8.73. The van der Waals surface area contributed by atoms with E-state index in [1.165, 1.54) is 23.5 Å². The molecule has 0 aliphatic carbocycles. The monoisotopic (exact) mass is 368 g/mol. The number of hydrogen-bond acceptors (Lipinski definition) is 5. The van der Waals surface area contributed by atoms with Gasteiger partial charge in [-0.3, -0.25) is 9.59 Å². The van der Waals surface area contributed by atoms with Crippen molar-refractivity contribution < 1.29 is 9.53 Å². The molecule has 1 amide bonds. The zero-order chi connectivity index (χ0) is 18.6. The van der Waals surface area contributed by atoms with Crippen LogP contribution < -0.4 is 15.2 Å². The Morgan fingerprint density at radius 1 is 1.15 bits per heavy atom. The molecule has 0 bridgehead atoms. The summed E-state index contributed by atoms with van der Waals surface area (Å²) in [6.45, 7) is 3.26. The van der Waals surface area contributed by atoms with E-state index >= 15 is 0 Å². The predicted molar refractivity (Wildman–Crippen MR) is 102 cm³/mol. The van der Waals surface area contributed by atoms with E-state index in [4.69, 9.17) is 4.74 Å². The normalized spacial score (nSPS) is 19.5. The molecule has 0 aromatic carbocycles.